The molecule has 0 aromatic heterocycles. The summed E-state index contributed by atoms with van der Waals surface area (Å²) in [6.45, 7) is 0. The lowest BCUT2D eigenvalue weighted by Gasteiger charge is -2.23. The smallest absolute Gasteiger partial charge is 0.512 e. The molecule has 3 rings (SSSR count). The van der Waals surface area contributed by atoms with Gasteiger partial charge in [0.05, 0.1) is 0 Å². The molecular formula is C19H17BO5. The number of phenolic OH excluding ortho intramolecular Hbond substituents is 2. The Kier molecular flexibility index (Phi) is 4.93. The second-order valence-corrected chi connectivity index (χ2v) is 5.53. The monoisotopic (exact) mass is 336 g/mol. The maximum absolute atomic E-state index is 10.3. The van der Waals surface area contributed by atoms with Crippen molar-refractivity contribution in [3.8, 4) is 17.2 Å². The molecule has 0 spiro atoms. The van der Waals surface area contributed by atoms with Gasteiger partial charge in [0.1, 0.15) is 17.2 Å². The van der Waals surface area contributed by atoms with Gasteiger partial charge in [-0.05, 0) is 18.2 Å². The molecule has 5 nitrogen and oxygen atoms in total. The van der Waals surface area contributed by atoms with Gasteiger partial charge in [-0.3, -0.25) is 0 Å². The SMILES string of the molecule is OB(O)Oc1ccccc1C(c1ccccc1O)c1ccccc1O. The second-order valence-electron chi connectivity index (χ2n) is 5.53. The van der Waals surface area contributed by atoms with E-state index in [-0.39, 0.29) is 17.2 Å². The van der Waals surface area contributed by atoms with Crippen LogP contribution < -0.4 is 4.65 Å². The van der Waals surface area contributed by atoms with Crippen LogP contribution in [0.15, 0.2) is 72.8 Å². The van der Waals surface area contributed by atoms with E-state index in [2.05, 4.69) is 0 Å². The molecule has 0 fully saturated rings. The fourth-order valence-electron chi connectivity index (χ4n) is 2.91. The molecule has 0 atom stereocenters. The van der Waals surface area contributed by atoms with Crippen molar-refractivity contribution in [3.05, 3.63) is 89.5 Å². The highest BCUT2D eigenvalue weighted by atomic mass is 16.6. The van der Waals surface area contributed by atoms with Crippen LogP contribution >= 0.6 is 0 Å². The number of hydrogen-bond donors (Lipinski definition) is 4. The van der Waals surface area contributed by atoms with E-state index in [1.807, 2.05) is 0 Å². The highest BCUT2D eigenvalue weighted by molar-refractivity contribution is 6.33. The van der Waals surface area contributed by atoms with E-state index in [9.17, 15) is 20.3 Å². The van der Waals surface area contributed by atoms with Gasteiger partial charge >= 0.3 is 7.32 Å². The Morgan fingerprint density at radius 2 is 1.08 bits per heavy atom. The van der Waals surface area contributed by atoms with Crippen LogP contribution in [0.4, 0.5) is 0 Å². The van der Waals surface area contributed by atoms with E-state index in [4.69, 9.17) is 4.65 Å². The Bertz CT molecular complexity index is 820. The summed E-state index contributed by atoms with van der Waals surface area (Å²) in [6.07, 6.45) is 0. The van der Waals surface area contributed by atoms with Crippen molar-refractivity contribution in [2.75, 3.05) is 0 Å². The molecule has 4 N–H and O–H groups in total. The second kappa shape index (κ2) is 7.30. The van der Waals surface area contributed by atoms with Crippen molar-refractivity contribution >= 4 is 7.32 Å². The lowest BCUT2D eigenvalue weighted by Crippen LogP contribution is -2.22. The zero-order chi connectivity index (χ0) is 17.8. The van der Waals surface area contributed by atoms with Crippen LogP contribution in [0.25, 0.3) is 0 Å². The van der Waals surface area contributed by atoms with Crippen LogP contribution in [0.2, 0.25) is 0 Å². The molecule has 0 saturated heterocycles. The predicted octanol–water partition coefficient (Wildman–Crippen LogP) is 2.63. The summed E-state index contributed by atoms with van der Waals surface area (Å²) in [6, 6.07) is 20.4. The molecule has 126 valence electrons. The number of para-hydroxylation sites is 3. The van der Waals surface area contributed by atoms with Crippen LogP contribution in [0.1, 0.15) is 22.6 Å². The van der Waals surface area contributed by atoms with Crippen LogP contribution in [0.3, 0.4) is 0 Å². The third kappa shape index (κ3) is 3.60. The Balaban J connectivity index is 2.23. The molecule has 0 unspecified atom stereocenters. The van der Waals surface area contributed by atoms with Gasteiger partial charge in [-0.1, -0.05) is 54.6 Å². The summed E-state index contributed by atoms with van der Waals surface area (Å²) in [7, 11) is -1.98. The largest absolute Gasteiger partial charge is 0.707 e. The average Bonchev–Trinajstić information content (AvgIpc) is 2.59. The summed E-state index contributed by atoms with van der Waals surface area (Å²) >= 11 is 0. The Hall–Kier alpha value is -2.96. The fraction of sp³-hybridized carbons (Fsp3) is 0.0526. The highest BCUT2D eigenvalue weighted by Crippen LogP contribution is 2.43. The maximum atomic E-state index is 10.3. The third-order valence-electron chi connectivity index (χ3n) is 3.96. The molecule has 0 aliphatic carbocycles. The van der Waals surface area contributed by atoms with Crippen molar-refractivity contribution < 1.29 is 24.9 Å². The van der Waals surface area contributed by atoms with E-state index >= 15 is 0 Å². The van der Waals surface area contributed by atoms with Crippen molar-refractivity contribution in [2.24, 2.45) is 0 Å². The van der Waals surface area contributed by atoms with Gasteiger partial charge in [0.15, 0.2) is 0 Å². The van der Waals surface area contributed by atoms with Gasteiger partial charge in [-0.15, -0.1) is 0 Å². The molecule has 0 amide bonds. The normalized spacial score (nSPS) is 10.7. The van der Waals surface area contributed by atoms with E-state index in [0.29, 0.717) is 16.7 Å². The zero-order valence-electron chi connectivity index (χ0n) is 13.3. The van der Waals surface area contributed by atoms with E-state index in [1.165, 1.54) is 0 Å². The first-order chi connectivity index (χ1) is 12.1. The maximum Gasteiger partial charge on any atom is 0.707 e. The Morgan fingerprint density at radius 1 is 0.640 bits per heavy atom. The Labute approximate surface area is 145 Å². The molecule has 0 aliphatic rings. The summed E-state index contributed by atoms with van der Waals surface area (Å²) in [5.74, 6) is -0.184. The molecule has 0 radical (unpaired) electrons. The van der Waals surface area contributed by atoms with Gasteiger partial charge in [0, 0.05) is 22.6 Å². The first kappa shape index (κ1) is 16.9. The summed E-state index contributed by atoms with van der Waals surface area (Å²) in [4.78, 5) is 0. The molecule has 25 heavy (non-hydrogen) atoms. The molecule has 0 aliphatic heterocycles. The Morgan fingerprint density at radius 3 is 1.56 bits per heavy atom. The zero-order valence-corrected chi connectivity index (χ0v) is 13.3. The van der Waals surface area contributed by atoms with Crippen molar-refractivity contribution in [2.45, 2.75) is 5.92 Å². The minimum Gasteiger partial charge on any atom is -0.512 e. The summed E-state index contributed by atoms with van der Waals surface area (Å²) < 4.78 is 5.10. The minimum absolute atomic E-state index is 0.0649. The van der Waals surface area contributed by atoms with Gasteiger partial charge < -0.3 is 24.9 Å². The molecule has 0 heterocycles. The van der Waals surface area contributed by atoms with E-state index in [1.54, 1.807) is 72.8 Å². The van der Waals surface area contributed by atoms with Crippen LogP contribution in [-0.4, -0.2) is 27.6 Å². The third-order valence-corrected chi connectivity index (χ3v) is 3.96. The van der Waals surface area contributed by atoms with Gasteiger partial charge in [-0.25, -0.2) is 0 Å². The van der Waals surface area contributed by atoms with Crippen LogP contribution in [0, 0.1) is 0 Å². The van der Waals surface area contributed by atoms with E-state index in [0.717, 1.165) is 0 Å². The van der Waals surface area contributed by atoms with Crippen LogP contribution in [-0.2, 0) is 0 Å². The lowest BCUT2D eigenvalue weighted by atomic mass is 9.83. The molecule has 3 aromatic carbocycles. The fourth-order valence-corrected chi connectivity index (χ4v) is 2.91. The molecular weight excluding hydrogens is 319 g/mol. The first-order valence-corrected chi connectivity index (χ1v) is 7.75. The van der Waals surface area contributed by atoms with E-state index < -0.39 is 13.2 Å². The van der Waals surface area contributed by atoms with Crippen molar-refractivity contribution in [3.63, 3.8) is 0 Å². The van der Waals surface area contributed by atoms with Crippen molar-refractivity contribution in [1.82, 2.24) is 0 Å². The quantitative estimate of drug-likeness (QED) is 0.425. The highest BCUT2D eigenvalue weighted by Gasteiger charge is 2.26. The van der Waals surface area contributed by atoms with Crippen LogP contribution in [0.5, 0.6) is 17.2 Å². The number of phenols is 2. The van der Waals surface area contributed by atoms with Gasteiger partial charge in [0.2, 0.25) is 0 Å². The molecule has 6 heteroatoms. The number of hydrogen-bond acceptors (Lipinski definition) is 5. The standard InChI is InChI=1S/C19H17BO5/c21-16-10-4-1-7-13(16)19(14-8-2-5-11-17(14)22)15-9-3-6-12-18(15)25-20(23)24/h1-12,19,21-24H. The molecule has 3 aromatic rings. The van der Waals surface area contributed by atoms with Gasteiger partial charge in [-0.2, -0.15) is 0 Å². The summed E-state index contributed by atoms with van der Waals surface area (Å²) in [5, 5.41) is 39.1. The average molecular weight is 336 g/mol. The number of rotatable bonds is 5. The van der Waals surface area contributed by atoms with Gasteiger partial charge in [0.25, 0.3) is 0 Å². The first-order valence-electron chi connectivity index (χ1n) is 7.75. The molecule has 0 bridgehead atoms. The molecule has 0 saturated carbocycles. The van der Waals surface area contributed by atoms with Crippen molar-refractivity contribution in [1.29, 1.82) is 0 Å². The minimum atomic E-state index is -1.98. The predicted molar refractivity (Wildman–Crippen MR) is 94.4 cm³/mol. The number of aromatic hydroxyl groups is 2. The summed E-state index contributed by atoms with van der Waals surface area (Å²) in [5.41, 5.74) is 1.71. The number of benzene rings is 3. The lowest BCUT2D eigenvalue weighted by molar-refractivity contribution is 0.286. The topological polar surface area (TPSA) is 90.2 Å².